The summed E-state index contributed by atoms with van der Waals surface area (Å²) in [6.07, 6.45) is 4.08. The molecule has 0 aliphatic heterocycles. The fraction of sp³-hybridized carbons (Fsp3) is 0.769. The molecule has 0 aromatic rings. The van der Waals surface area contributed by atoms with Crippen molar-refractivity contribution in [1.29, 1.82) is 0 Å². The summed E-state index contributed by atoms with van der Waals surface area (Å²) in [6.45, 7) is 1.84. The highest BCUT2D eigenvalue weighted by molar-refractivity contribution is 6.00. The van der Waals surface area contributed by atoms with Gasteiger partial charge >= 0.3 is 0 Å². The molecule has 3 saturated carbocycles. The van der Waals surface area contributed by atoms with Crippen molar-refractivity contribution in [3.8, 4) is 0 Å². The summed E-state index contributed by atoms with van der Waals surface area (Å²) in [4.78, 5) is 35.0. The van der Waals surface area contributed by atoms with E-state index in [4.69, 9.17) is 0 Å². The first-order valence-corrected chi connectivity index (χ1v) is 6.15. The van der Waals surface area contributed by atoms with Gasteiger partial charge < -0.3 is 0 Å². The SMILES string of the molecule is CCC(=O)CCC12CC[C@H](CC1=O)C(=O)C2. The minimum Gasteiger partial charge on any atom is -0.300 e. The van der Waals surface area contributed by atoms with Crippen LogP contribution in [0.25, 0.3) is 0 Å². The summed E-state index contributed by atoms with van der Waals surface area (Å²) in [5, 5.41) is 0. The monoisotopic (exact) mass is 222 g/mol. The zero-order valence-electron chi connectivity index (χ0n) is 9.75. The van der Waals surface area contributed by atoms with Crippen LogP contribution in [0, 0.1) is 11.3 Å². The van der Waals surface area contributed by atoms with Crippen LogP contribution in [0.3, 0.4) is 0 Å². The Bertz CT molecular complexity index is 345. The molecule has 3 fully saturated rings. The Kier molecular flexibility index (Phi) is 2.96. The molecular formula is C13H18O3. The van der Waals surface area contributed by atoms with E-state index in [1.165, 1.54) is 0 Å². The summed E-state index contributed by atoms with van der Waals surface area (Å²) >= 11 is 0. The van der Waals surface area contributed by atoms with E-state index in [0.29, 0.717) is 32.1 Å². The predicted octanol–water partition coefficient (Wildman–Crippen LogP) is 2.07. The fourth-order valence-electron chi connectivity index (χ4n) is 2.98. The van der Waals surface area contributed by atoms with Gasteiger partial charge in [-0.25, -0.2) is 0 Å². The molecule has 2 bridgehead atoms. The Morgan fingerprint density at radius 3 is 2.75 bits per heavy atom. The summed E-state index contributed by atoms with van der Waals surface area (Å²) in [5.74, 6) is 0.667. The van der Waals surface area contributed by atoms with Crippen LogP contribution in [0.4, 0.5) is 0 Å². The molecule has 0 heterocycles. The molecule has 0 N–H and O–H groups in total. The summed E-state index contributed by atoms with van der Waals surface area (Å²) in [6, 6.07) is 0. The van der Waals surface area contributed by atoms with Gasteiger partial charge in [-0.05, 0) is 19.3 Å². The van der Waals surface area contributed by atoms with Crippen LogP contribution in [0.15, 0.2) is 0 Å². The number of ketones is 3. The number of rotatable bonds is 4. The van der Waals surface area contributed by atoms with Gasteiger partial charge in [-0.2, -0.15) is 0 Å². The standard InChI is InChI=1S/C13H18O3/c1-2-10(14)4-6-13-5-3-9(7-12(13)16)11(15)8-13/h9H,2-8H2,1H3/t9-,13?/m1/s1. The molecule has 0 spiro atoms. The Labute approximate surface area is 95.6 Å². The molecule has 0 aromatic heterocycles. The molecule has 16 heavy (non-hydrogen) atoms. The smallest absolute Gasteiger partial charge is 0.140 e. The molecule has 0 amide bonds. The van der Waals surface area contributed by atoms with E-state index in [2.05, 4.69) is 0 Å². The normalized spacial score (nSPS) is 33.2. The van der Waals surface area contributed by atoms with Crippen molar-refractivity contribution in [3.05, 3.63) is 0 Å². The number of hydrogen-bond acceptors (Lipinski definition) is 3. The molecule has 2 atom stereocenters. The third-order valence-electron chi connectivity index (χ3n) is 4.24. The van der Waals surface area contributed by atoms with E-state index in [-0.39, 0.29) is 23.3 Å². The van der Waals surface area contributed by atoms with Crippen LogP contribution in [-0.4, -0.2) is 17.3 Å². The van der Waals surface area contributed by atoms with Crippen LogP contribution >= 0.6 is 0 Å². The third kappa shape index (κ3) is 1.83. The molecule has 0 aromatic carbocycles. The first kappa shape index (κ1) is 11.5. The minimum absolute atomic E-state index is 0.00347. The average molecular weight is 222 g/mol. The number of Topliss-reactive ketones (excluding diaryl/α,β-unsaturated/α-hetero) is 3. The Hall–Kier alpha value is -0.990. The summed E-state index contributed by atoms with van der Waals surface area (Å²) in [5.41, 5.74) is -0.462. The maximum atomic E-state index is 12.0. The van der Waals surface area contributed by atoms with Crippen molar-refractivity contribution in [2.45, 2.75) is 51.9 Å². The lowest BCUT2D eigenvalue weighted by atomic mass is 9.57. The second-order valence-electron chi connectivity index (χ2n) is 5.18. The molecule has 3 nitrogen and oxygen atoms in total. The molecule has 0 radical (unpaired) electrons. The van der Waals surface area contributed by atoms with Crippen molar-refractivity contribution < 1.29 is 14.4 Å². The van der Waals surface area contributed by atoms with Crippen LogP contribution in [0.2, 0.25) is 0 Å². The van der Waals surface area contributed by atoms with Crippen molar-refractivity contribution >= 4 is 17.3 Å². The molecular weight excluding hydrogens is 204 g/mol. The minimum atomic E-state index is -0.462. The second-order valence-corrected chi connectivity index (χ2v) is 5.18. The molecule has 3 aliphatic carbocycles. The first-order valence-electron chi connectivity index (χ1n) is 6.15. The average Bonchev–Trinajstić information content (AvgIpc) is 2.28. The highest BCUT2D eigenvalue weighted by Gasteiger charge is 2.50. The first-order chi connectivity index (χ1) is 7.57. The summed E-state index contributed by atoms with van der Waals surface area (Å²) < 4.78 is 0. The summed E-state index contributed by atoms with van der Waals surface area (Å²) in [7, 11) is 0. The van der Waals surface area contributed by atoms with Crippen molar-refractivity contribution in [2.24, 2.45) is 11.3 Å². The zero-order chi connectivity index (χ0) is 11.8. The van der Waals surface area contributed by atoms with E-state index < -0.39 is 5.41 Å². The van der Waals surface area contributed by atoms with Gasteiger partial charge in [0.05, 0.1) is 0 Å². The van der Waals surface area contributed by atoms with Crippen molar-refractivity contribution in [1.82, 2.24) is 0 Å². The lowest BCUT2D eigenvalue weighted by Gasteiger charge is -2.43. The van der Waals surface area contributed by atoms with Crippen molar-refractivity contribution in [2.75, 3.05) is 0 Å². The lowest BCUT2D eigenvalue weighted by Crippen LogP contribution is -2.47. The highest BCUT2D eigenvalue weighted by atomic mass is 16.1. The topological polar surface area (TPSA) is 51.2 Å². The maximum Gasteiger partial charge on any atom is 0.140 e. The Balaban J connectivity index is 2.07. The number of hydrogen-bond donors (Lipinski definition) is 0. The van der Waals surface area contributed by atoms with E-state index in [1.807, 2.05) is 6.92 Å². The predicted molar refractivity (Wildman–Crippen MR) is 58.9 cm³/mol. The maximum absolute atomic E-state index is 12.0. The van der Waals surface area contributed by atoms with Gasteiger partial charge in [0.15, 0.2) is 0 Å². The van der Waals surface area contributed by atoms with Crippen LogP contribution < -0.4 is 0 Å². The molecule has 3 heteroatoms. The van der Waals surface area contributed by atoms with Gasteiger partial charge in [0.1, 0.15) is 17.3 Å². The molecule has 3 rings (SSSR count). The quantitative estimate of drug-likeness (QED) is 0.731. The lowest BCUT2D eigenvalue weighted by molar-refractivity contribution is -0.150. The zero-order valence-corrected chi connectivity index (χ0v) is 9.75. The van der Waals surface area contributed by atoms with E-state index in [1.54, 1.807) is 0 Å². The Morgan fingerprint density at radius 2 is 2.19 bits per heavy atom. The Morgan fingerprint density at radius 1 is 1.44 bits per heavy atom. The fourth-order valence-corrected chi connectivity index (χ4v) is 2.98. The number of carbonyl (C=O) groups excluding carboxylic acids is 3. The largest absolute Gasteiger partial charge is 0.300 e. The van der Waals surface area contributed by atoms with Crippen LogP contribution in [0.5, 0.6) is 0 Å². The van der Waals surface area contributed by atoms with Crippen LogP contribution in [0.1, 0.15) is 51.9 Å². The molecule has 0 saturated heterocycles. The van der Waals surface area contributed by atoms with E-state index in [9.17, 15) is 14.4 Å². The van der Waals surface area contributed by atoms with E-state index in [0.717, 1.165) is 12.8 Å². The molecule has 1 unspecified atom stereocenters. The van der Waals surface area contributed by atoms with Gasteiger partial charge in [0.25, 0.3) is 0 Å². The van der Waals surface area contributed by atoms with Crippen molar-refractivity contribution in [3.63, 3.8) is 0 Å². The number of carbonyl (C=O) groups is 3. The van der Waals surface area contributed by atoms with Gasteiger partial charge in [-0.15, -0.1) is 0 Å². The second kappa shape index (κ2) is 4.11. The highest BCUT2D eigenvalue weighted by Crippen LogP contribution is 2.48. The van der Waals surface area contributed by atoms with Gasteiger partial charge in [0.2, 0.25) is 0 Å². The number of fused-ring (bicyclic) bond motifs is 3. The third-order valence-corrected chi connectivity index (χ3v) is 4.24. The van der Waals surface area contributed by atoms with Crippen LogP contribution in [-0.2, 0) is 14.4 Å². The van der Waals surface area contributed by atoms with Gasteiger partial charge in [0, 0.05) is 37.0 Å². The van der Waals surface area contributed by atoms with E-state index >= 15 is 0 Å². The molecule has 3 aliphatic rings. The van der Waals surface area contributed by atoms with Gasteiger partial charge in [-0.1, -0.05) is 6.92 Å². The van der Waals surface area contributed by atoms with Gasteiger partial charge in [-0.3, -0.25) is 14.4 Å². The molecule has 88 valence electrons.